The second-order valence-electron chi connectivity index (χ2n) is 14.1. The van der Waals surface area contributed by atoms with Crippen molar-refractivity contribution in [2.75, 3.05) is 64.7 Å². The molecule has 55 heavy (non-hydrogen) atoms. The molecular formula is C37H42ClF3N10O4. The van der Waals surface area contributed by atoms with Gasteiger partial charge in [-0.05, 0) is 63.0 Å². The normalized spacial score (nSPS) is 20.6. The molecule has 5 aliphatic heterocycles. The van der Waals surface area contributed by atoms with Gasteiger partial charge >= 0.3 is 6.18 Å². The number of benzene rings is 1. The van der Waals surface area contributed by atoms with Crippen molar-refractivity contribution >= 4 is 41.0 Å². The van der Waals surface area contributed by atoms with Crippen molar-refractivity contribution in [2.24, 2.45) is 10.9 Å². The van der Waals surface area contributed by atoms with E-state index in [1.165, 1.54) is 16.9 Å². The minimum Gasteiger partial charge on any atom is -0.504 e. The zero-order chi connectivity index (χ0) is 39.2. The summed E-state index contributed by atoms with van der Waals surface area (Å²) in [6.07, 6.45) is 3.83. The van der Waals surface area contributed by atoms with E-state index in [1.54, 1.807) is 16.7 Å². The number of rotatable bonds is 8. The fourth-order valence-corrected chi connectivity index (χ4v) is 8.02. The number of allylic oxidation sites excluding steroid dienone is 3. The van der Waals surface area contributed by atoms with Crippen LogP contribution in [0, 0.1) is 12.8 Å². The molecule has 7 rings (SSSR count). The molecule has 0 bridgehead atoms. The summed E-state index contributed by atoms with van der Waals surface area (Å²) in [5.74, 6) is -1.06. The summed E-state index contributed by atoms with van der Waals surface area (Å²) >= 11 is 6.19. The maximum Gasteiger partial charge on any atom is 0.416 e. The number of hydrazine groups is 1. The van der Waals surface area contributed by atoms with Gasteiger partial charge in [0, 0.05) is 70.2 Å². The number of carbonyl (C=O) groups excluding carboxylic acids is 3. The molecule has 0 aliphatic carbocycles. The maximum atomic E-state index is 14.4. The van der Waals surface area contributed by atoms with Gasteiger partial charge in [0.15, 0.2) is 11.4 Å². The highest BCUT2D eigenvalue weighted by atomic mass is 35.5. The molecule has 2 aromatic rings. The lowest BCUT2D eigenvalue weighted by atomic mass is 9.90. The van der Waals surface area contributed by atoms with Crippen molar-refractivity contribution in [3.8, 4) is 5.75 Å². The molecule has 2 fully saturated rings. The number of guanidine groups is 1. The third kappa shape index (κ3) is 7.46. The average molecular weight is 783 g/mol. The Kier molecular flexibility index (Phi) is 10.5. The summed E-state index contributed by atoms with van der Waals surface area (Å²) in [7, 11) is 2.07. The van der Waals surface area contributed by atoms with Crippen molar-refractivity contribution in [3.63, 3.8) is 0 Å². The molecule has 3 amide bonds. The first-order chi connectivity index (χ1) is 26.2. The van der Waals surface area contributed by atoms with Gasteiger partial charge in [0.1, 0.15) is 18.6 Å². The molecule has 0 spiro atoms. The number of hydrogen-bond acceptors (Lipinski definition) is 11. The molecule has 18 heteroatoms. The van der Waals surface area contributed by atoms with E-state index in [4.69, 9.17) is 16.6 Å². The van der Waals surface area contributed by atoms with Gasteiger partial charge in [0.25, 0.3) is 11.8 Å². The van der Waals surface area contributed by atoms with Gasteiger partial charge in [-0.25, -0.2) is 20.0 Å². The number of anilines is 1. The van der Waals surface area contributed by atoms with E-state index >= 15 is 0 Å². The first-order valence-electron chi connectivity index (χ1n) is 18.2. The molecule has 2 N–H and O–H groups in total. The highest BCUT2D eigenvalue weighted by Gasteiger charge is 2.42. The summed E-state index contributed by atoms with van der Waals surface area (Å²) in [6, 6.07) is 2.72. The average Bonchev–Trinajstić information content (AvgIpc) is 3.55. The Morgan fingerprint density at radius 2 is 1.84 bits per heavy atom. The van der Waals surface area contributed by atoms with Crippen molar-refractivity contribution in [1.29, 1.82) is 0 Å². The molecule has 5 aliphatic rings. The Balaban J connectivity index is 1.17. The topological polar surface area (TPSA) is 141 Å². The molecule has 1 atom stereocenters. The molecule has 1 aromatic carbocycles. The number of amides is 3. The number of halogens is 4. The monoisotopic (exact) mass is 782 g/mol. The highest BCUT2D eigenvalue weighted by Crippen LogP contribution is 2.38. The largest absolute Gasteiger partial charge is 0.504 e. The first kappa shape index (κ1) is 38.1. The minimum absolute atomic E-state index is 0.0143. The number of likely N-dealkylation sites (N-methyl/N-ethyl adjacent to an activating group) is 1. The number of carbonyl (C=O) groups is 3. The summed E-state index contributed by atoms with van der Waals surface area (Å²) in [6.45, 7) is 6.19. The number of fused-ring (bicyclic) bond motifs is 2. The lowest BCUT2D eigenvalue weighted by molar-refractivity contribution is -0.137. The van der Waals surface area contributed by atoms with E-state index in [9.17, 15) is 32.7 Å². The summed E-state index contributed by atoms with van der Waals surface area (Å²) in [5, 5.41) is 17.3. The van der Waals surface area contributed by atoms with Crippen LogP contribution in [-0.4, -0.2) is 128 Å². The number of aromatic nitrogens is 2. The van der Waals surface area contributed by atoms with Gasteiger partial charge in [-0.3, -0.25) is 19.3 Å². The summed E-state index contributed by atoms with van der Waals surface area (Å²) < 4.78 is 39.9. The first-order valence-corrected chi connectivity index (χ1v) is 18.6. The second kappa shape index (κ2) is 15.2. The zero-order valence-electron chi connectivity index (χ0n) is 30.7. The number of piperidine rings is 1. The van der Waals surface area contributed by atoms with E-state index in [-0.39, 0.29) is 78.9 Å². The van der Waals surface area contributed by atoms with Crippen LogP contribution in [0.1, 0.15) is 54.4 Å². The fourth-order valence-electron chi connectivity index (χ4n) is 7.79. The van der Waals surface area contributed by atoms with Crippen LogP contribution >= 0.6 is 11.6 Å². The molecule has 6 heterocycles. The van der Waals surface area contributed by atoms with Gasteiger partial charge in [-0.15, -0.1) is 0 Å². The van der Waals surface area contributed by atoms with Crippen LogP contribution in [-0.2, 0) is 15.8 Å². The van der Waals surface area contributed by atoms with Crippen molar-refractivity contribution in [2.45, 2.75) is 45.7 Å². The standard InChI is InChI=1S/C37H42ClF3N10O4/c1-4-28-32(47-14-16-48(17-15-47)34(54)31-33(53)22(2)42-21-43-31)35(55)49-13-9-25(18-23-6-5-11-51-29(23)10-12-46(51)3)44-36(49)50(28)20-30(52)45-27-8-7-24(19-26(27)38)37(39,40)41/h7-10,19,21,23,53H,4-6,11-18,20H2,1-3H3,(H,45,52). The van der Waals surface area contributed by atoms with E-state index < -0.39 is 23.6 Å². The fraction of sp³-hybridized carbons (Fsp3) is 0.459. The van der Waals surface area contributed by atoms with Crippen LogP contribution in [0.15, 0.2) is 64.5 Å². The maximum absolute atomic E-state index is 14.4. The van der Waals surface area contributed by atoms with Crippen LogP contribution in [0.25, 0.3) is 0 Å². The lowest BCUT2D eigenvalue weighted by Gasteiger charge is -2.45. The number of hydrogen-bond donors (Lipinski definition) is 2. The SMILES string of the molecule is CCC1=C(N2CCN(C(=O)c3ncnc(C)c3O)CC2)C(=O)N2CC=C(CC3CCCN4C3=CCN4C)N=C2N1CC(=O)Nc1ccc(C(F)(F)F)cc1Cl. The van der Waals surface area contributed by atoms with Gasteiger partial charge < -0.3 is 30.1 Å². The number of alkyl halides is 3. The van der Waals surface area contributed by atoms with Gasteiger partial charge in [-0.2, -0.15) is 13.2 Å². The lowest BCUT2D eigenvalue weighted by Crippen LogP contribution is -2.59. The Bertz CT molecular complexity index is 2030. The van der Waals surface area contributed by atoms with E-state index in [0.717, 1.165) is 49.8 Å². The molecule has 1 aromatic heterocycles. The van der Waals surface area contributed by atoms with Gasteiger partial charge in [0.2, 0.25) is 11.9 Å². The van der Waals surface area contributed by atoms with Crippen molar-refractivity contribution < 1.29 is 32.7 Å². The van der Waals surface area contributed by atoms with Crippen LogP contribution in [0.5, 0.6) is 5.75 Å². The van der Waals surface area contributed by atoms with Crippen LogP contribution in [0.3, 0.4) is 0 Å². The molecule has 1 unspecified atom stereocenters. The molecular weight excluding hydrogens is 741 g/mol. The van der Waals surface area contributed by atoms with E-state index in [1.807, 2.05) is 17.9 Å². The van der Waals surface area contributed by atoms with Crippen molar-refractivity contribution in [1.82, 2.24) is 39.6 Å². The molecule has 292 valence electrons. The third-order valence-corrected chi connectivity index (χ3v) is 11.0. The summed E-state index contributed by atoms with van der Waals surface area (Å²) in [5.41, 5.74) is 2.24. The Morgan fingerprint density at radius 1 is 1.07 bits per heavy atom. The second-order valence-corrected chi connectivity index (χ2v) is 14.5. The number of nitrogens with one attached hydrogen (secondary N) is 1. The van der Waals surface area contributed by atoms with Crippen LogP contribution in [0.2, 0.25) is 5.02 Å². The number of aliphatic imine (C=N–C) groups is 1. The van der Waals surface area contributed by atoms with Crippen molar-refractivity contribution in [3.05, 3.63) is 81.4 Å². The molecule has 0 radical (unpaired) electrons. The quantitative estimate of drug-likeness (QED) is 0.396. The third-order valence-electron chi connectivity index (χ3n) is 10.7. The Labute approximate surface area is 321 Å². The number of piperazine rings is 1. The molecule has 2 saturated heterocycles. The smallest absolute Gasteiger partial charge is 0.416 e. The van der Waals surface area contributed by atoms with Gasteiger partial charge in [-0.1, -0.05) is 18.5 Å². The highest BCUT2D eigenvalue weighted by molar-refractivity contribution is 6.33. The number of aromatic hydroxyl groups is 1. The predicted octanol–water partition coefficient (Wildman–Crippen LogP) is 4.43. The van der Waals surface area contributed by atoms with Crippen LogP contribution in [0.4, 0.5) is 18.9 Å². The Hall–Kier alpha value is -5.16. The molecule has 14 nitrogen and oxygen atoms in total. The summed E-state index contributed by atoms with van der Waals surface area (Å²) in [4.78, 5) is 61.1. The number of nitrogens with zero attached hydrogens (tertiary/aromatic N) is 9. The Morgan fingerprint density at radius 3 is 2.55 bits per heavy atom. The van der Waals surface area contributed by atoms with Gasteiger partial charge in [0.05, 0.1) is 27.7 Å². The predicted molar refractivity (Wildman–Crippen MR) is 197 cm³/mol. The van der Waals surface area contributed by atoms with E-state index in [2.05, 4.69) is 38.4 Å². The minimum atomic E-state index is -4.60. The molecule has 0 saturated carbocycles. The zero-order valence-corrected chi connectivity index (χ0v) is 31.5. The van der Waals surface area contributed by atoms with Crippen LogP contribution < -0.4 is 5.32 Å². The van der Waals surface area contributed by atoms with E-state index in [0.29, 0.717) is 30.2 Å². The number of aryl methyl sites for hydroxylation is 1.